The number of nitrogen functional groups attached to an aromatic ring is 1. The van der Waals surface area contributed by atoms with Crippen LogP contribution in [0, 0.1) is 6.92 Å². The van der Waals surface area contributed by atoms with E-state index in [0.29, 0.717) is 0 Å². The molecule has 0 fully saturated rings. The van der Waals surface area contributed by atoms with Gasteiger partial charge in [-0.3, -0.25) is 4.98 Å². The SMILES string of the molecule is Cc1ncc(N)c(C(=O)O)c1C(F)F. The van der Waals surface area contributed by atoms with Crippen LogP contribution >= 0.6 is 0 Å². The predicted molar refractivity (Wildman–Crippen MR) is 45.3 cm³/mol. The second-order valence-corrected chi connectivity index (χ2v) is 2.69. The van der Waals surface area contributed by atoms with Crippen molar-refractivity contribution in [3.8, 4) is 0 Å². The van der Waals surface area contributed by atoms with Crippen molar-refractivity contribution in [2.24, 2.45) is 0 Å². The number of alkyl halides is 2. The summed E-state index contributed by atoms with van der Waals surface area (Å²) in [5.41, 5.74) is 3.80. The second-order valence-electron chi connectivity index (χ2n) is 2.69. The highest BCUT2D eigenvalue weighted by Crippen LogP contribution is 2.28. The summed E-state index contributed by atoms with van der Waals surface area (Å²) in [7, 11) is 0. The number of nitrogens with two attached hydrogens (primary N) is 1. The van der Waals surface area contributed by atoms with E-state index >= 15 is 0 Å². The summed E-state index contributed by atoms with van der Waals surface area (Å²) < 4.78 is 24.9. The zero-order valence-corrected chi connectivity index (χ0v) is 7.29. The predicted octanol–water partition coefficient (Wildman–Crippen LogP) is 1.61. The van der Waals surface area contributed by atoms with Gasteiger partial charge in [0.25, 0.3) is 6.43 Å². The molecule has 0 amide bonds. The fourth-order valence-corrected chi connectivity index (χ4v) is 1.14. The van der Waals surface area contributed by atoms with Gasteiger partial charge in [-0.2, -0.15) is 0 Å². The third kappa shape index (κ3) is 1.63. The van der Waals surface area contributed by atoms with Crippen molar-refractivity contribution in [2.75, 3.05) is 5.73 Å². The number of halogens is 2. The maximum Gasteiger partial charge on any atom is 0.338 e. The fraction of sp³-hybridized carbons (Fsp3) is 0.250. The van der Waals surface area contributed by atoms with Gasteiger partial charge in [-0.1, -0.05) is 0 Å². The second kappa shape index (κ2) is 3.57. The van der Waals surface area contributed by atoms with E-state index in [2.05, 4.69) is 4.98 Å². The Labute approximate surface area is 78.4 Å². The topological polar surface area (TPSA) is 76.2 Å². The fourth-order valence-electron chi connectivity index (χ4n) is 1.14. The Morgan fingerprint density at radius 2 is 2.21 bits per heavy atom. The van der Waals surface area contributed by atoms with Gasteiger partial charge in [0.1, 0.15) is 0 Å². The van der Waals surface area contributed by atoms with Gasteiger partial charge in [-0.15, -0.1) is 0 Å². The van der Waals surface area contributed by atoms with E-state index in [0.717, 1.165) is 6.20 Å². The smallest absolute Gasteiger partial charge is 0.338 e. The lowest BCUT2D eigenvalue weighted by molar-refractivity contribution is 0.0685. The van der Waals surface area contributed by atoms with E-state index in [9.17, 15) is 13.6 Å². The molecule has 0 spiro atoms. The molecule has 6 heteroatoms. The van der Waals surface area contributed by atoms with Crippen molar-refractivity contribution in [2.45, 2.75) is 13.3 Å². The molecule has 0 saturated carbocycles. The van der Waals surface area contributed by atoms with Gasteiger partial charge >= 0.3 is 5.97 Å². The number of carboxylic acids is 1. The summed E-state index contributed by atoms with van der Waals surface area (Å²) in [6, 6.07) is 0. The van der Waals surface area contributed by atoms with Crippen LogP contribution in [0.4, 0.5) is 14.5 Å². The van der Waals surface area contributed by atoms with Gasteiger partial charge in [0.05, 0.1) is 23.0 Å². The molecule has 0 bridgehead atoms. The van der Waals surface area contributed by atoms with Crippen LogP contribution in [-0.4, -0.2) is 16.1 Å². The minimum absolute atomic E-state index is 0.0217. The third-order valence-electron chi connectivity index (χ3n) is 1.78. The van der Waals surface area contributed by atoms with Crippen molar-refractivity contribution in [3.63, 3.8) is 0 Å². The van der Waals surface area contributed by atoms with E-state index in [-0.39, 0.29) is 11.4 Å². The number of rotatable bonds is 2. The van der Waals surface area contributed by atoms with Crippen LogP contribution in [0.2, 0.25) is 0 Å². The highest BCUT2D eigenvalue weighted by atomic mass is 19.3. The Balaban J connectivity index is 3.50. The van der Waals surface area contributed by atoms with Gasteiger partial charge in [0.2, 0.25) is 0 Å². The molecule has 1 aromatic heterocycles. The van der Waals surface area contributed by atoms with Crippen molar-refractivity contribution in [3.05, 3.63) is 23.0 Å². The summed E-state index contributed by atoms with van der Waals surface area (Å²) in [6.45, 7) is 1.31. The molecule has 1 rings (SSSR count). The lowest BCUT2D eigenvalue weighted by atomic mass is 10.1. The Bertz CT molecular complexity index is 380. The van der Waals surface area contributed by atoms with Crippen molar-refractivity contribution in [1.82, 2.24) is 4.98 Å². The van der Waals surface area contributed by atoms with E-state index in [1.54, 1.807) is 0 Å². The molecule has 0 atom stereocenters. The molecule has 1 aromatic rings. The monoisotopic (exact) mass is 202 g/mol. The van der Waals surface area contributed by atoms with Crippen molar-refractivity contribution in [1.29, 1.82) is 0 Å². The molecular weight excluding hydrogens is 194 g/mol. The molecule has 0 aliphatic heterocycles. The summed E-state index contributed by atoms with van der Waals surface area (Å²) in [4.78, 5) is 14.2. The summed E-state index contributed by atoms with van der Waals surface area (Å²) in [6.07, 6.45) is -1.83. The molecule has 14 heavy (non-hydrogen) atoms. The Hall–Kier alpha value is -1.72. The van der Waals surface area contributed by atoms with Crippen molar-refractivity contribution >= 4 is 11.7 Å². The summed E-state index contributed by atoms with van der Waals surface area (Å²) >= 11 is 0. The molecule has 3 N–H and O–H groups in total. The normalized spacial score (nSPS) is 10.6. The van der Waals surface area contributed by atoms with Crippen LogP contribution in [0.25, 0.3) is 0 Å². The average molecular weight is 202 g/mol. The first-order valence-corrected chi connectivity index (χ1v) is 3.71. The van der Waals surface area contributed by atoms with E-state index < -0.39 is 23.5 Å². The number of hydrogen-bond donors (Lipinski definition) is 2. The first kappa shape index (κ1) is 10.4. The molecule has 0 aliphatic rings. The third-order valence-corrected chi connectivity index (χ3v) is 1.78. The highest BCUT2D eigenvalue weighted by molar-refractivity contribution is 5.95. The van der Waals surface area contributed by atoms with Gasteiger partial charge in [0.15, 0.2) is 0 Å². The molecular formula is C8H8F2N2O2. The number of aromatic carboxylic acids is 1. The molecule has 1 heterocycles. The van der Waals surface area contributed by atoms with Gasteiger partial charge in [-0.05, 0) is 6.92 Å². The number of nitrogens with zero attached hydrogens (tertiary/aromatic N) is 1. The molecule has 0 aromatic carbocycles. The number of carboxylic acid groups (broad SMARTS) is 1. The van der Waals surface area contributed by atoms with Crippen LogP contribution in [0.15, 0.2) is 6.20 Å². The Morgan fingerprint density at radius 1 is 1.64 bits per heavy atom. The number of pyridine rings is 1. The summed E-state index contributed by atoms with van der Waals surface area (Å²) in [5.74, 6) is -1.47. The van der Waals surface area contributed by atoms with Crippen LogP contribution in [0.5, 0.6) is 0 Å². The van der Waals surface area contributed by atoms with Gasteiger partial charge < -0.3 is 10.8 Å². The molecule has 76 valence electrons. The van der Waals surface area contributed by atoms with E-state index in [1.165, 1.54) is 6.92 Å². The largest absolute Gasteiger partial charge is 0.478 e. The molecule has 0 radical (unpaired) electrons. The quantitative estimate of drug-likeness (QED) is 0.763. The number of aromatic nitrogens is 1. The molecule has 0 aliphatic carbocycles. The maximum absolute atomic E-state index is 12.5. The number of anilines is 1. The zero-order valence-electron chi connectivity index (χ0n) is 7.29. The minimum atomic E-state index is -2.89. The lowest BCUT2D eigenvalue weighted by Crippen LogP contribution is -2.10. The first-order chi connectivity index (χ1) is 6.45. The number of aryl methyl sites for hydroxylation is 1. The van der Waals surface area contributed by atoms with E-state index in [1.807, 2.05) is 0 Å². The Kier molecular flexibility index (Phi) is 2.64. The highest BCUT2D eigenvalue weighted by Gasteiger charge is 2.23. The number of carbonyl (C=O) groups is 1. The Morgan fingerprint density at radius 3 is 2.57 bits per heavy atom. The van der Waals surface area contributed by atoms with Crippen LogP contribution in [0.1, 0.15) is 28.0 Å². The molecule has 0 saturated heterocycles. The van der Waals surface area contributed by atoms with E-state index in [4.69, 9.17) is 10.8 Å². The first-order valence-electron chi connectivity index (χ1n) is 3.71. The van der Waals surface area contributed by atoms with Crippen molar-refractivity contribution < 1.29 is 18.7 Å². The summed E-state index contributed by atoms with van der Waals surface area (Å²) in [5, 5.41) is 8.68. The maximum atomic E-state index is 12.5. The average Bonchev–Trinajstić information content (AvgIpc) is 2.07. The van der Waals surface area contributed by atoms with Gasteiger partial charge in [0, 0.05) is 5.69 Å². The standard InChI is InChI=1S/C8H8F2N2O2/c1-3-5(7(9)10)6(8(13)14)4(11)2-12-3/h2,7H,11H2,1H3,(H,13,14). The van der Waals surface area contributed by atoms with Crippen LogP contribution < -0.4 is 5.73 Å². The van der Waals surface area contributed by atoms with Crippen LogP contribution in [-0.2, 0) is 0 Å². The lowest BCUT2D eigenvalue weighted by Gasteiger charge is -2.09. The van der Waals surface area contributed by atoms with Gasteiger partial charge in [-0.25, -0.2) is 13.6 Å². The zero-order chi connectivity index (χ0) is 10.9. The molecule has 4 nitrogen and oxygen atoms in total. The van der Waals surface area contributed by atoms with Crippen LogP contribution in [0.3, 0.4) is 0 Å². The number of hydrogen-bond acceptors (Lipinski definition) is 3. The molecule has 0 unspecified atom stereocenters. The minimum Gasteiger partial charge on any atom is -0.478 e.